The van der Waals surface area contributed by atoms with E-state index in [2.05, 4.69) is 34.4 Å². The first-order valence-corrected chi connectivity index (χ1v) is 9.80. The van der Waals surface area contributed by atoms with Crippen molar-refractivity contribution in [3.63, 3.8) is 0 Å². The summed E-state index contributed by atoms with van der Waals surface area (Å²) in [7, 11) is 0. The number of pyridine rings is 1. The lowest BCUT2D eigenvalue weighted by Crippen LogP contribution is -2.41. The highest BCUT2D eigenvalue weighted by molar-refractivity contribution is 5.89. The molecule has 3 aromatic rings. The molecule has 0 unspecified atom stereocenters. The monoisotopic (exact) mass is 382 g/mol. The Morgan fingerprint density at radius 3 is 2.64 bits per heavy atom. The Balaban J connectivity index is 1.98. The average Bonchev–Trinajstić information content (AvgIpc) is 3.08. The fourth-order valence-corrected chi connectivity index (χ4v) is 3.28. The largest absolute Gasteiger partial charge is 0.388 e. The molecule has 4 N–H and O–H groups in total. The fourth-order valence-electron chi connectivity index (χ4n) is 3.28. The second kappa shape index (κ2) is 8.14. The van der Waals surface area contributed by atoms with E-state index in [4.69, 9.17) is 9.97 Å². The van der Waals surface area contributed by atoms with E-state index in [0.29, 0.717) is 18.4 Å². The van der Waals surface area contributed by atoms with Crippen LogP contribution in [0.3, 0.4) is 0 Å². The van der Waals surface area contributed by atoms with Crippen LogP contribution in [0.4, 0.5) is 11.8 Å². The van der Waals surface area contributed by atoms with Gasteiger partial charge in [0.05, 0.1) is 17.2 Å². The molecule has 0 radical (unpaired) electrons. The van der Waals surface area contributed by atoms with Gasteiger partial charge in [-0.3, -0.25) is 4.98 Å². The average molecular weight is 383 g/mol. The first kappa shape index (κ1) is 20.1. The molecular formula is C21H30N6O. The van der Waals surface area contributed by atoms with Crippen LogP contribution in [0.25, 0.3) is 11.0 Å². The van der Waals surface area contributed by atoms with Gasteiger partial charge in [-0.1, -0.05) is 26.8 Å². The zero-order valence-electron chi connectivity index (χ0n) is 17.2. The minimum atomic E-state index is -0.880. The summed E-state index contributed by atoms with van der Waals surface area (Å²) in [5, 5.41) is 17.1. The van der Waals surface area contributed by atoms with Crippen LogP contribution in [-0.2, 0) is 6.54 Å². The lowest BCUT2D eigenvalue weighted by molar-refractivity contribution is 0.0577. The van der Waals surface area contributed by atoms with Crippen molar-refractivity contribution in [3.05, 3.63) is 41.9 Å². The van der Waals surface area contributed by atoms with Gasteiger partial charge in [0.15, 0.2) is 5.82 Å². The Labute approximate surface area is 166 Å². The number of aromatic nitrogens is 4. The second-order valence-electron chi connectivity index (χ2n) is 7.99. The van der Waals surface area contributed by atoms with Gasteiger partial charge in [-0.05, 0) is 43.4 Å². The summed E-state index contributed by atoms with van der Waals surface area (Å²) in [5.41, 5.74) is 3.11. The highest BCUT2D eigenvalue weighted by Gasteiger charge is 2.26. The molecule has 7 heteroatoms. The molecular weight excluding hydrogens is 352 g/mol. The number of nitrogens with one attached hydrogen (secondary N) is 3. The van der Waals surface area contributed by atoms with Crippen molar-refractivity contribution in [1.29, 1.82) is 0 Å². The highest BCUT2D eigenvalue weighted by atomic mass is 16.3. The van der Waals surface area contributed by atoms with Crippen LogP contribution >= 0.6 is 0 Å². The SMILES string of the molecule is CC[C@H](Nc1nc(NCc2cccnc2)c2[nH]cc(C(C)C)c2n1)C(C)(C)O. The van der Waals surface area contributed by atoms with Gasteiger partial charge in [0.1, 0.15) is 5.52 Å². The lowest BCUT2D eigenvalue weighted by Gasteiger charge is -2.29. The van der Waals surface area contributed by atoms with Crippen molar-refractivity contribution in [2.24, 2.45) is 0 Å². The van der Waals surface area contributed by atoms with E-state index in [0.717, 1.165) is 34.4 Å². The number of H-pyrrole nitrogens is 1. The predicted molar refractivity (Wildman–Crippen MR) is 114 cm³/mol. The summed E-state index contributed by atoms with van der Waals surface area (Å²) in [6, 6.07) is 3.78. The molecule has 0 spiro atoms. The van der Waals surface area contributed by atoms with Crippen molar-refractivity contribution < 1.29 is 5.11 Å². The van der Waals surface area contributed by atoms with Gasteiger partial charge < -0.3 is 20.7 Å². The molecule has 0 aromatic carbocycles. The third-order valence-corrected chi connectivity index (χ3v) is 4.92. The Hall–Kier alpha value is -2.67. The number of anilines is 2. The molecule has 28 heavy (non-hydrogen) atoms. The standard InChI is InChI=1S/C21H30N6O/c1-6-16(21(4,5)28)25-20-26-17-15(13(2)3)12-23-18(17)19(27-20)24-11-14-8-7-9-22-10-14/h7-10,12-13,16,23,28H,6,11H2,1-5H3,(H2,24,25,26,27)/t16-/m0/s1. The Kier molecular flexibility index (Phi) is 5.84. The number of rotatable bonds is 8. The van der Waals surface area contributed by atoms with Gasteiger partial charge in [0.25, 0.3) is 0 Å². The molecule has 0 saturated carbocycles. The van der Waals surface area contributed by atoms with Crippen LogP contribution in [-0.4, -0.2) is 36.7 Å². The number of fused-ring (bicyclic) bond motifs is 1. The van der Waals surface area contributed by atoms with E-state index in [-0.39, 0.29) is 6.04 Å². The van der Waals surface area contributed by atoms with Crippen LogP contribution < -0.4 is 10.6 Å². The maximum Gasteiger partial charge on any atom is 0.225 e. The van der Waals surface area contributed by atoms with Gasteiger partial charge >= 0.3 is 0 Å². The third kappa shape index (κ3) is 4.42. The maximum absolute atomic E-state index is 10.4. The minimum absolute atomic E-state index is 0.155. The molecule has 0 bridgehead atoms. The number of aromatic amines is 1. The summed E-state index contributed by atoms with van der Waals surface area (Å²) in [6.07, 6.45) is 6.35. The zero-order valence-corrected chi connectivity index (χ0v) is 17.2. The van der Waals surface area contributed by atoms with Crippen molar-refractivity contribution in [3.8, 4) is 0 Å². The number of nitrogens with zero attached hydrogens (tertiary/aromatic N) is 3. The molecule has 3 aromatic heterocycles. The van der Waals surface area contributed by atoms with Crippen LogP contribution in [0.15, 0.2) is 30.7 Å². The van der Waals surface area contributed by atoms with Gasteiger partial charge in [0.2, 0.25) is 5.95 Å². The normalized spacial score (nSPS) is 13.1. The third-order valence-electron chi connectivity index (χ3n) is 4.92. The highest BCUT2D eigenvalue weighted by Crippen LogP contribution is 2.29. The first-order valence-electron chi connectivity index (χ1n) is 9.80. The molecule has 1 atom stereocenters. The molecule has 150 valence electrons. The van der Waals surface area contributed by atoms with E-state index in [1.807, 2.05) is 31.5 Å². The maximum atomic E-state index is 10.4. The van der Waals surface area contributed by atoms with Crippen molar-refractivity contribution in [2.45, 2.75) is 65.1 Å². The summed E-state index contributed by atoms with van der Waals surface area (Å²) in [5.74, 6) is 1.57. The molecule has 3 rings (SSSR count). The predicted octanol–water partition coefficient (Wildman–Crippen LogP) is 4.05. The van der Waals surface area contributed by atoms with E-state index < -0.39 is 5.60 Å². The first-order chi connectivity index (χ1) is 13.3. The van der Waals surface area contributed by atoms with Crippen LogP contribution in [0, 0.1) is 0 Å². The fraction of sp³-hybridized carbons (Fsp3) is 0.476. The van der Waals surface area contributed by atoms with Crippen LogP contribution in [0.2, 0.25) is 0 Å². The molecule has 0 aliphatic carbocycles. The molecule has 0 amide bonds. The lowest BCUT2D eigenvalue weighted by atomic mass is 9.97. The zero-order chi connectivity index (χ0) is 20.3. The number of hydrogen-bond acceptors (Lipinski definition) is 6. The Bertz CT molecular complexity index is 914. The van der Waals surface area contributed by atoms with Gasteiger partial charge in [0, 0.05) is 25.1 Å². The van der Waals surface area contributed by atoms with E-state index in [1.165, 1.54) is 0 Å². The molecule has 0 aliphatic heterocycles. The molecule has 3 heterocycles. The smallest absolute Gasteiger partial charge is 0.225 e. The Morgan fingerprint density at radius 1 is 1.25 bits per heavy atom. The van der Waals surface area contributed by atoms with E-state index in [9.17, 15) is 5.11 Å². The quantitative estimate of drug-likeness (QED) is 0.469. The van der Waals surface area contributed by atoms with Crippen LogP contribution in [0.5, 0.6) is 0 Å². The summed E-state index contributed by atoms with van der Waals surface area (Å²) >= 11 is 0. The number of aliphatic hydroxyl groups is 1. The van der Waals surface area contributed by atoms with E-state index >= 15 is 0 Å². The summed E-state index contributed by atoms with van der Waals surface area (Å²) in [6.45, 7) is 10.5. The van der Waals surface area contributed by atoms with Crippen molar-refractivity contribution in [2.75, 3.05) is 10.6 Å². The summed E-state index contributed by atoms with van der Waals surface area (Å²) in [4.78, 5) is 16.9. The van der Waals surface area contributed by atoms with Gasteiger partial charge in [-0.25, -0.2) is 4.98 Å². The molecule has 0 aliphatic rings. The second-order valence-corrected chi connectivity index (χ2v) is 7.99. The Morgan fingerprint density at radius 2 is 2.04 bits per heavy atom. The van der Waals surface area contributed by atoms with Gasteiger partial charge in [-0.2, -0.15) is 4.98 Å². The van der Waals surface area contributed by atoms with Crippen molar-refractivity contribution >= 4 is 22.8 Å². The van der Waals surface area contributed by atoms with E-state index in [1.54, 1.807) is 20.0 Å². The topological polar surface area (TPSA) is 98.8 Å². The molecule has 0 saturated heterocycles. The number of hydrogen-bond donors (Lipinski definition) is 4. The molecule has 7 nitrogen and oxygen atoms in total. The van der Waals surface area contributed by atoms with Crippen LogP contribution in [0.1, 0.15) is 58.1 Å². The minimum Gasteiger partial charge on any atom is -0.388 e. The summed E-state index contributed by atoms with van der Waals surface area (Å²) < 4.78 is 0. The molecule has 0 fully saturated rings. The van der Waals surface area contributed by atoms with Gasteiger partial charge in [-0.15, -0.1) is 0 Å². The van der Waals surface area contributed by atoms with Crippen molar-refractivity contribution in [1.82, 2.24) is 19.9 Å².